The fourth-order valence-electron chi connectivity index (χ4n) is 1.97. The van der Waals surface area contributed by atoms with E-state index < -0.39 is 0 Å². The van der Waals surface area contributed by atoms with Crippen LogP contribution >= 0.6 is 15.9 Å². The molecule has 1 fully saturated rings. The van der Waals surface area contributed by atoms with E-state index in [4.69, 9.17) is 15.2 Å². The van der Waals surface area contributed by atoms with Gasteiger partial charge in [0.05, 0.1) is 0 Å². The van der Waals surface area contributed by atoms with Crippen LogP contribution in [0.15, 0.2) is 22.7 Å². The van der Waals surface area contributed by atoms with E-state index >= 15 is 0 Å². The van der Waals surface area contributed by atoms with Gasteiger partial charge in [-0.15, -0.1) is 0 Å². The third-order valence-electron chi connectivity index (χ3n) is 2.98. The van der Waals surface area contributed by atoms with E-state index in [0.29, 0.717) is 0 Å². The first kappa shape index (κ1) is 11.9. The summed E-state index contributed by atoms with van der Waals surface area (Å²) in [6.07, 6.45) is 0.955. The quantitative estimate of drug-likeness (QED) is 0.927. The van der Waals surface area contributed by atoms with E-state index in [1.807, 2.05) is 25.1 Å². The van der Waals surface area contributed by atoms with Gasteiger partial charge in [-0.05, 0) is 30.7 Å². The fourth-order valence-corrected chi connectivity index (χ4v) is 2.44. The summed E-state index contributed by atoms with van der Waals surface area (Å²) in [5, 5.41) is 0. The molecule has 1 aromatic carbocycles. The summed E-state index contributed by atoms with van der Waals surface area (Å²) in [7, 11) is 1.68. The molecule has 0 radical (unpaired) electrons. The van der Waals surface area contributed by atoms with Gasteiger partial charge in [0.25, 0.3) is 0 Å². The number of hydrogen-bond acceptors (Lipinski definition) is 3. The molecule has 0 heterocycles. The number of ether oxygens (including phenoxy) is 2. The Kier molecular flexibility index (Phi) is 3.52. The first-order valence-electron chi connectivity index (χ1n) is 5.33. The normalized spacial score (nSPS) is 28.6. The van der Waals surface area contributed by atoms with E-state index in [9.17, 15) is 0 Å². The van der Waals surface area contributed by atoms with Crippen LogP contribution in [0.2, 0.25) is 0 Å². The van der Waals surface area contributed by atoms with Crippen molar-refractivity contribution in [3.63, 3.8) is 0 Å². The number of halogens is 1. The van der Waals surface area contributed by atoms with Gasteiger partial charge in [-0.25, -0.2) is 0 Å². The van der Waals surface area contributed by atoms with E-state index in [-0.39, 0.29) is 18.2 Å². The lowest BCUT2D eigenvalue weighted by Gasteiger charge is -2.41. The van der Waals surface area contributed by atoms with E-state index in [2.05, 4.69) is 15.9 Å². The molecule has 88 valence electrons. The molecule has 1 aromatic rings. The Morgan fingerprint density at radius 3 is 2.75 bits per heavy atom. The zero-order valence-corrected chi connectivity index (χ0v) is 11.0. The monoisotopic (exact) mass is 285 g/mol. The molecule has 0 aliphatic heterocycles. The van der Waals surface area contributed by atoms with Crippen LogP contribution in [0.3, 0.4) is 0 Å². The third kappa shape index (κ3) is 2.24. The highest BCUT2D eigenvalue weighted by Gasteiger charge is 2.41. The summed E-state index contributed by atoms with van der Waals surface area (Å²) in [6, 6.07) is 6.08. The summed E-state index contributed by atoms with van der Waals surface area (Å²) < 4.78 is 12.2. The first-order valence-corrected chi connectivity index (χ1v) is 6.12. The largest absolute Gasteiger partial charge is 0.487 e. The Morgan fingerprint density at radius 1 is 1.44 bits per heavy atom. The maximum Gasteiger partial charge on any atom is 0.128 e. The minimum atomic E-state index is 0.0167. The highest BCUT2D eigenvalue weighted by molar-refractivity contribution is 9.10. The van der Waals surface area contributed by atoms with Gasteiger partial charge in [-0.3, -0.25) is 0 Å². The summed E-state index contributed by atoms with van der Waals surface area (Å²) in [4.78, 5) is 0. The number of hydrogen-bond donors (Lipinski definition) is 1. The van der Waals surface area contributed by atoms with Crippen LogP contribution in [-0.4, -0.2) is 25.4 Å². The molecule has 0 saturated heterocycles. The number of benzene rings is 1. The maximum absolute atomic E-state index is 5.88. The average molecular weight is 286 g/mol. The van der Waals surface area contributed by atoms with Crippen molar-refractivity contribution in [1.29, 1.82) is 0 Å². The summed E-state index contributed by atoms with van der Waals surface area (Å²) in [5.41, 5.74) is 6.94. The van der Waals surface area contributed by atoms with Crippen LogP contribution in [0, 0.1) is 6.92 Å². The molecule has 3 unspecified atom stereocenters. The van der Waals surface area contributed by atoms with Crippen LogP contribution in [0.4, 0.5) is 0 Å². The minimum Gasteiger partial charge on any atom is -0.487 e. The van der Waals surface area contributed by atoms with Crippen molar-refractivity contribution in [2.24, 2.45) is 5.73 Å². The van der Waals surface area contributed by atoms with Crippen molar-refractivity contribution in [3.8, 4) is 5.75 Å². The standard InChI is InChI=1S/C12H16BrNO2/c1-7-5-8(13)3-4-10(7)16-11-6-9(14)12(11)15-2/h3-5,9,11-12H,6,14H2,1-2H3. The second-order valence-corrected chi connectivity index (χ2v) is 5.08. The van der Waals surface area contributed by atoms with Crippen molar-refractivity contribution in [1.82, 2.24) is 0 Å². The highest BCUT2D eigenvalue weighted by Crippen LogP contribution is 2.30. The molecule has 3 nitrogen and oxygen atoms in total. The fraction of sp³-hybridized carbons (Fsp3) is 0.500. The van der Waals surface area contributed by atoms with Crippen LogP contribution in [0.5, 0.6) is 5.75 Å². The molecular weight excluding hydrogens is 270 g/mol. The van der Waals surface area contributed by atoms with Crippen LogP contribution in [0.25, 0.3) is 0 Å². The molecule has 1 saturated carbocycles. The Hall–Kier alpha value is -0.580. The lowest BCUT2D eigenvalue weighted by molar-refractivity contribution is -0.0784. The second-order valence-electron chi connectivity index (χ2n) is 4.17. The van der Waals surface area contributed by atoms with Gasteiger partial charge in [0.1, 0.15) is 18.0 Å². The van der Waals surface area contributed by atoms with Gasteiger partial charge in [-0.2, -0.15) is 0 Å². The van der Waals surface area contributed by atoms with Crippen molar-refractivity contribution in [3.05, 3.63) is 28.2 Å². The van der Waals surface area contributed by atoms with Gasteiger partial charge in [-0.1, -0.05) is 15.9 Å². The Balaban J connectivity index is 2.04. The maximum atomic E-state index is 5.88. The van der Waals surface area contributed by atoms with Gasteiger partial charge in [0, 0.05) is 24.0 Å². The number of nitrogens with two attached hydrogens (primary N) is 1. The molecule has 2 N–H and O–H groups in total. The second kappa shape index (κ2) is 4.73. The highest BCUT2D eigenvalue weighted by atomic mass is 79.9. The van der Waals surface area contributed by atoms with E-state index in [1.165, 1.54) is 0 Å². The lowest BCUT2D eigenvalue weighted by atomic mass is 9.86. The Labute approximate surface area is 104 Å². The molecule has 16 heavy (non-hydrogen) atoms. The van der Waals surface area contributed by atoms with Crippen molar-refractivity contribution in [2.45, 2.75) is 31.6 Å². The molecule has 4 heteroatoms. The Morgan fingerprint density at radius 2 is 2.19 bits per heavy atom. The molecule has 0 amide bonds. The molecule has 1 aliphatic rings. The third-order valence-corrected chi connectivity index (χ3v) is 3.47. The molecular formula is C12H16BrNO2. The SMILES string of the molecule is COC1C(N)CC1Oc1ccc(Br)cc1C. The predicted molar refractivity (Wildman–Crippen MR) is 66.7 cm³/mol. The van der Waals surface area contributed by atoms with Gasteiger partial charge >= 0.3 is 0 Å². The molecule has 0 aromatic heterocycles. The van der Waals surface area contributed by atoms with Gasteiger partial charge in [0.2, 0.25) is 0 Å². The topological polar surface area (TPSA) is 44.5 Å². The average Bonchev–Trinajstić information content (AvgIpc) is 2.21. The number of methoxy groups -OCH3 is 1. The van der Waals surface area contributed by atoms with Crippen LogP contribution in [0.1, 0.15) is 12.0 Å². The van der Waals surface area contributed by atoms with Crippen molar-refractivity contribution in [2.75, 3.05) is 7.11 Å². The number of aryl methyl sites for hydroxylation is 1. The van der Waals surface area contributed by atoms with E-state index in [0.717, 1.165) is 22.2 Å². The zero-order valence-electron chi connectivity index (χ0n) is 9.44. The first-order chi connectivity index (χ1) is 7.61. The molecule has 0 spiro atoms. The minimum absolute atomic E-state index is 0.0167. The van der Waals surface area contributed by atoms with Crippen LogP contribution < -0.4 is 10.5 Å². The summed E-state index contributed by atoms with van der Waals surface area (Å²) in [5.74, 6) is 0.905. The molecule has 3 atom stereocenters. The van der Waals surface area contributed by atoms with E-state index in [1.54, 1.807) is 7.11 Å². The Bertz CT molecular complexity index is 383. The number of rotatable bonds is 3. The lowest BCUT2D eigenvalue weighted by Crippen LogP contribution is -2.59. The smallest absolute Gasteiger partial charge is 0.128 e. The van der Waals surface area contributed by atoms with Crippen molar-refractivity contribution >= 4 is 15.9 Å². The van der Waals surface area contributed by atoms with Crippen molar-refractivity contribution < 1.29 is 9.47 Å². The zero-order chi connectivity index (χ0) is 11.7. The summed E-state index contributed by atoms with van der Waals surface area (Å²) in [6.45, 7) is 2.03. The van der Waals surface area contributed by atoms with Gasteiger partial charge < -0.3 is 15.2 Å². The molecule has 2 rings (SSSR count). The van der Waals surface area contributed by atoms with Crippen LogP contribution in [-0.2, 0) is 4.74 Å². The molecule has 1 aliphatic carbocycles. The van der Waals surface area contributed by atoms with Gasteiger partial charge in [0.15, 0.2) is 0 Å². The predicted octanol–water partition coefficient (Wildman–Crippen LogP) is 2.25. The molecule has 0 bridgehead atoms. The summed E-state index contributed by atoms with van der Waals surface area (Å²) >= 11 is 3.43.